The minimum Gasteiger partial charge on any atom is -0.462 e. The van der Waals surface area contributed by atoms with Crippen LogP contribution >= 0.6 is 0 Å². The van der Waals surface area contributed by atoms with E-state index in [0.29, 0.717) is 37.0 Å². The van der Waals surface area contributed by atoms with E-state index in [4.69, 9.17) is 20.4 Å². The summed E-state index contributed by atoms with van der Waals surface area (Å²) in [5.41, 5.74) is 13.3. The molecular formula is C48H86N4O5. The number of nitrogens with one attached hydrogen (secondary N) is 1. The number of aryl methyl sites for hydroxylation is 1. The average Bonchev–Trinajstić information content (AvgIpc) is 3.61. The molecular weight excluding hydrogens is 713 g/mol. The van der Waals surface area contributed by atoms with Crippen molar-refractivity contribution in [3.8, 4) is 0 Å². The second-order valence-corrected chi connectivity index (χ2v) is 14.1. The molecule has 57 heavy (non-hydrogen) atoms. The predicted octanol–water partition coefficient (Wildman–Crippen LogP) is 11.8. The molecule has 4 N–H and O–H groups in total. The lowest BCUT2D eigenvalue weighted by atomic mass is 10.0. The van der Waals surface area contributed by atoms with Crippen LogP contribution in [0.4, 0.5) is 11.4 Å². The zero-order valence-corrected chi connectivity index (χ0v) is 39.1. The van der Waals surface area contributed by atoms with E-state index in [0.717, 1.165) is 65.3 Å². The lowest BCUT2D eigenvalue weighted by Crippen LogP contribution is -2.26. The molecule has 0 aromatic heterocycles. The Morgan fingerprint density at radius 1 is 0.895 bits per heavy atom. The molecule has 9 heteroatoms. The number of aliphatic imine (C=N–C) groups is 1. The van der Waals surface area contributed by atoms with Crippen LogP contribution < -0.4 is 16.0 Å². The van der Waals surface area contributed by atoms with Gasteiger partial charge in [0.05, 0.1) is 29.3 Å². The highest BCUT2D eigenvalue weighted by atomic mass is 16.5. The molecule has 1 aliphatic heterocycles. The first-order valence-corrected chi connectivity index (χ1v) is 21.5. The van der Waals surface area contributed by atoms with Crippen molar-refractivity contribution in [3.05, 3.63) is 70.4 Å². The quantitative estimate of drug-likeness (QED) is 0.121. The number of carbonyl (C=O) groups is 3. The summed E-state index contributed by atoms with van der Waals surface area (Å²) in [5.74, 6) is 0.952. The van der Waals surface area contributed by atoms with E-state index < -0.39 is 0 Å². The topological polar surface area (TPSA) is 134 Å². The second kappa shape index (κ2) is 40.2. The van der Waals surface area contributed by atoms with Crippen LogP contribution in [0.5, 0.6) is 0 Å². The highest BCUT2D eigenvalue weighted by molar-refractivity contribution is 6.11. The Bertz CT molecular complexity index is 1330. The van der Waals surface area contributed by atoms with Crippen LogP contribution in [0.15, 0.2) is 58.7 Å². The monoisotopic (exact) mass is 799 g/mol. The minimum atomic E-state index is -0.219. The molecule has 1 aliphatic rings. The Morgan fingerprint density at radius 2 is 1.44 bits per heavy atom. The predicted molar refractivity (Wildman–Crippen MR) is 249 cm³/mol. The van der Waals surface area contributed by atoms with Crippen molar-refractivity contribution < 1.29 is 24.2 Å². The Labute approximate surface area is 350 Å². The third-order valence-electron chi connectivity index (χ3n) is 8.34. The Morgan fingerprint density at radius 3 is 1.86 bits per heavy atom. The van der Waals surface area contributed by atoms with E-state index in [1.807, 2.05) is 71.7 Å². The largest absolute Gasteiger partial charge is 0.462 e. The molecule has 0 saturated carbocycles. The highest BCUT2D eigenvalue weighted by Crippen LogP contribution is 2.29. The molecule has 1 heterocycles. The van der Waals surface area contributed by atoms with Crippen molar-refractivity contribution in [1.82, 2.24) is 5.32 Å². The molecule has 3 rings (SSSR count). The average molecular weight is 799 g/mol. The van der Waals surface area contributed by atoms with Gasteiger partial charge in [-0.3, -0.25) is 9.79 Å². The normalized spacial score (nSPS) is 11.4. The van der Waals surface area contributed by atoms with Crippen molar-refractivity contribution in [1.29, 1.82) is 0 Å². The van der Waals surface area contributed by atoms with Gasteiger partial charge in [-0.15, -0.1) is 0 Å². The Kier molecular flexibility index (Phi) is 42.1. The molecule has 0 fully saturated rings. The molecule has 1 atom stereocenters. The number of benzene rings is 2. The third kappa shape index (κ3) is 29.9. The molecule has 328 valence electrons. The first-order chi connectivity index (χ1) is 27.2. The molecule has 0 spiro atoms. The van der Waals surface area contributed by atoms with Gasteiger partial charge in [0.25, 0.3) is 0 Å². The van der Waals surface area contributed by atoms with E-state index in [9.17, 15) is 9.59 Å². The number of ether oxygens (including phenoxy) is 1. The SMILES string of the molecule is C=O.CC.CCC(C)CCOC(=O)c1ccc(C)cc1.CCCC.CCCCC.CCCNC(=O)C1=C(C)N=C(c2ccc(N(C)CC(C)C)c(N)c2)C1.CCO. The van der Waals surface area contributed by atoms with Crippen LogP contribution in [-0.4, -0.2) is 62.8 Å². The van der Waals surface area contributed by atoms with Gasteiger partial charge >= 0.3 is 5.97 Å². The smallest absolute Gasteiger partial charge is 0.338 e. The van der Waals surface area contributed by atoms with E-state index in [2.05, 4.69) is 77.6 Å². The summed E-state index contributed by atoms with van der Waals surface area (Å²) >= 11 is 0. The number of esters is 1. The van der Waals surface area contributed by atoms with Crippen molar-refractivity contribution in [2.75, 3.05) is 44.0 Å². The maximum atomic E-state index is 12.2. The van der Waals surface area contributed by atoms with Crippen LogP contribution in [0, 0.1) is 18.8 Å². The summed E-state index contributed by atoms with van der Waals surface area (Å²) in [6.07, 6.45) is 10.3. The lowest BCUT2D eigenvalue weighted by Gasteiger charge is -2.23. The summed E-state index contributed by atoms with van der Waals surface area (Å²) in [7, 11) is 2.06. The summed E-state index contributed by atoms with van der Waals surface area (Å²) in [5, 5.41) is 10.5. The maximum Gasteiger partial charge on any atom is 0.338 e. The fourth-order valence-corrected chi connectivity index (χ4v) is 4.77. The number of carbonyl (C=O) groups excluding carboxylic acids is 3. The van der Waals surface area contributed by atoms with Gasteiger partial charge in [0.1, 0.15) is 6.79 Å². The number of nitrogens with zero attached hydrogens (tertiary/aromatic N) is 2. The standard InChI is InChI=1S/C20H30N4O.C14H20O2.C5H12.C4H10.C2H6O.C2H6.CH2O/c1-6-9-22-20(25)16-11-18(23-14(16)4)15-7-8-19(17(21)10-15)24(5)12-13(2)3;1-4-11(2)9-10-16-14(15)13-7-5-12(3)6-8-13;1-3-5-4-2;1-3-4-2;1-2-3;2*1-2/h7-8,10,13H,6,9,11-12,21H2,1-5H3,(H,22,25);5-8,11H,4,9-10H2,1-3H3;3-5H2,1-2H3;3-4H2,1-2H3;3H,2H2,1H3;1-2H3;1H2. The summed E-state index contributed by atoms with van der Waals surface area (Å²) in [6, 6.07) is 13.5. The molecule has 0 radical (unpaired) electrons. The van der Waals surface area contributed by atoms with Crippen LogP contribution in [0.1, 0.15) is 169 Å². The number of hydrogen-bond acceptors (Lipinski definition) is 8. The summed E-state index contributed by atoms with van der Waals surface area (Å²) < 4.78 is 5.20. The fraction of sp³-hybridized carbons (Fsp3) is 0.625. The summed E-state index contributed by atoms with van der Waals surface area (Å²) in [6.45, 7) is 33.5. The van der Waals surface area contributed by atoms with Gasteiger partial charge in [-0.05, 0) is 75.3 Å². The minimum absolute atomic E-state index is 0.0145. The number of nitrogens with two attached hydrogens (primary N) is 1. The molecule has 1 unspecified atom stereocenters. The number of hydrogen-bond donors (Lipinski definition) is 3. The van der Waals surface area contributed by atoms with E-state index in [1.165, 1.54) is 32.1 Å². The van der Waals surface area contributed by atoms with Gasteiger partial charge in [-0.1, -0.05) is 138 Å². The molecule has 0 saturated heterocycles. The molecule has 0 bridgehead atoms. The van der Waals surface area contributed by atoms with Crippen LogP contribution in [0.2, 0.25) is 0 Å². The van der Waals surface area contributed by atoms with E-state index in [1.54, 1.807) is 19.1 Å². The zero-order chi connectivity index (χ0) is 44.8. The zero-order valence-electron chi connectivity index (χ0n) is 39.1. The van der Waals surface area contributed by atoms with Crippen molar-refractivity contribution in [3.63, 3.8) is 0 Å². The van der Waals surface area contributed by atoms with Crippen molar-refractivity contribution in [2.24, 2.45) is 16.8 Å². The summed E-state index contributed by atoms with van der Waals surface area (Å²) in [4.78, 5) is 38.6. The Balaban J connectivity index is -0.000000374. The maximum absolute atomic E-state index is 12.2. The third-order valence-corrected chi connectivity index (χ3v) is 8.34. The van der Waals surface area contributed by atoms with Crippen LogP contribution in [-0.2, 0) is 14.3 Å². The van der Waals surface area contributed by atoms with Gasteiger partial charge in [0.2, 0.25) is 5.91 Å². The number of nitrogen functional groups attached to an aromatic ring is 1. The highest BCUT2D eigenvalue weighted by Gasteiger charge is 2.22. The van der Waals surface area contributed by atoms with Crippen molar-refractivity contribution in [2.45, 2.75) is 155 Å². The molecule has 9 nitrogen and oxygen atoms in total. The number of unbranched alkanes of at least 4 members (excludes halogenated alkanes) is 3. The van der Waals surface area contributed by atoms with Crippen LogP contribution in [0.3, 0.4) is 0 Å². The fourth-order valence-electron chi connectivity index (χ4n) is 4.77. The molecule has 2 aromatic carbocycles. The van der Waals surface area contributed by atoms with E-state index in [-0.39, 0.29) is 18.5 Å². The number of aliphatic hydroxyl groups excluding tert-OH is 1. The van der Waals surface area contributed by atoms with E-state index >= 15 is 0 Å². The van der Waals surface area contributed by atoms with Crippen molar-refractivity contribution >= 4 is 35.8 Å². The molecule has 2 aromatic rings. The lowest BCUT2D eigenvalue weighted by molar-refractivity contribution is -0.117. The molecule has 1 amide bonds. The van der Waals surface area contributed by atoms with Gasteiger partial charge in [0, 0.05) is 44.4 Å². The van der Waals surface area contributed by atoms with Gasteiger partial charge in [-0.25, -0.2) is 4.79 Å². The number of rotatable bonds is 15. The van der Waals surface area contributed by atoms with Gasteiger partial charge in [-0.2, -0.15) is 0 Å². The second-order valence-electron chi connectivity index (χ2n) is 14.1. The Hall–Kier alpha value is -3.98. The number of allylic oxidation sites excluding steroid dienone is 1. The number of amides is 1. The van der Waals surface area contributed by atoms with Gasteiger partial charge in [0.15, 0.2) is 0 Å². The first kappa shape index (κ1) is 59.7. The number of anilines is 2. The first-order valence-electron chi connectivity index (χ1n) is 21.5. The number of aliphatic hydroxyl groups is 1. The van der Waals surface area contributed by atoms with Crippen LogP contribution in [0.25, 0.3) is 0 Å². The molecule has 0 aliphatic carbocycles. The van der Waals surface area contributed by atoms with Gasteiger partial charge < -0.3 is 30.6 Å².